The highest BCUT2D eigenvalue weighted by atomic mass is 32.2. The lowest BCUT2D eigenvalue weighted by atomic mass is 9.99. The molecule has 0 heterocycles. The number of carbonyl (C=O) groups is 1. The van der Waals surface area contributed by atoms with Gasteiger partial charge >= 0.3 is 5.97 Å². The number of ether oxygens (including phenoxy) is 1. The van der Waals surface area contributed by atoms with Crippen LogP contribution in [-0.4, -0.2) is 44.7 Å². The summed E-state index contributed by atoms with van der Waals surface area (Å²) in [5.41, 5.74) is 0.390. The quantitative estimate of drug-likeness (QED) is 0.884. The summed E-state index contributed by atoms with van der Waals surface area (Å²) < 4.78 is 28.8. The van der Waals surface area contributed by atoms with Gasteiger partial charge in [-0.05, 0) is 12.5 Å². The number of rotatable bonds is 5. The molecule has 0 radical (unpaired) electrons. The fraction of sp³-hybridized carbons (Fsp3) is 0.500. The molecule has 1 aliphatic carbocycles. The number of hydrogen-bond donors (Lipinski definition) is 1. The van der Waals surface area contributed by atoms with Crippen molar-refractivity contribution in [2.45, 2.75) is 18.1 Å². The second kappa shape index (κ2) is 4.86. The number of benzene rings is 1. The summed E-state index contributed by atoms with van der Waals surface area (Å²) in [6.45, 7) is 1.81. The van der Waals surface area contributed by atoms with Crippen molar-refractivity contribution in [2.75, 3.05) is 20.0 Å². The second-order valence-corrected chi connectivity index (χ2v) is 7.58. The summed E-state index contributed by atoms with van der Waals surface area (Å²) in [6.07, 6.45) is 1.08. The van der Waals surface area contributed by atoms with Crippen molar-refractivity contribution in [1.29, 1.82) is 0 Å². The van der Waals surface area contributed by atoms with Gasteiger partial charge in [-0.2, -0.15) is 0 Å². The number of carboxylic acid groups (broad SMARTS) is 1. The van der Waals surface area contributed by atoms with E-state index in [1.54, 1.807) is 12.1 Å². The molecular formula is C14H18O5S. The van der Waals surface area contributed by atoms with Crippen LogP contribution in [0.25, 0.3) is 0 Å². The Balaban J connectivity index is 2.49. The van der Waals surface area contributed by atoms with E-state index in [0.717, 1.165) is 17.4 Å². The molecule has 0 amide bonds. The van der Waals surface area contributed by atoms with E-state index in [4.69, 9.17) is 4.74 Å². The maximum absolute atomic E-state index is 11.9. The van der Waals surface area contributed by atoms with E-state index in [2.05, 4.69) is 0 Å². The molecule has 0 bridgehead atoms. The zero-order valence-electron chi connectivity index (χ0n) is 11.7. The van der Waals surface area contributed by atoms with Crippen molar-refractivity contribution >= 4 is 15.8 Å². The number of aryl methyl sites for hydroxylation is 1. The first-order valence-corrected chi connectivity index (χ1v) is 8.18. The molecule has 20 heavy (non-hydrogen) atoms. The van der Waals surface area contributed by atoms with Crippen LogP contribution < -0.4 is 0 Å². The Morgan fingerprint density at radius 1 is 1.35 bits per heavy atom. The highest BCUT2D eigenvalue weighted by Gasteiger charge is 2.74. The smallest absolute Gasteiger partial charge is 0.314 e. The normalized spacial score (nSPS) is 29.1. The minimum Gasteiger partial charge on any atom is -0.481 e. The van der Waals surface area contributed by atoms with Gasteiger partial charge in [-0.25, -0.2) is 8.42 Å². The molecule has 0 aromatic heterocycles. The summed E-state index contributed by atoms with van der Waals surface area (Å²) in [7, 11) is -2.09. The van der Waals surface area contributed by atoms with E-state index < -0.39 is 32.4 Å². The molecule has 110 valence electrons. The predicted molar refractivity (Wildman–Crippen MR) is 74.5 cm³/mol. The Bertz CT molecular complexity index is 619. The monoisotopic (exact) mass is 298 g/mol. The summed E-state index contributed by atoms with van der Waals surface area (Å²) in [6, 6.07) is 7.29. The number of sulfone groups is 1. The number of methoxy groups -OCH3 is 1. The van der Waals surface area contributed by atoms with Gasteiger partial charge in [0.15, 0.2) is 9.84 Å². The molecule has 0 saturated heterocycles. The first-order valence-electron chi connectivity index (χ1n) is 6.23. The van der Waals surface area contributed by atoms with Crippen molar-refractivity contribution in [3.05, 3.63) is 35.4 Å². The van der Waals surface area contributed by atoms with Crippen molar-refractivity contribution < 1.29 is 23.1 Å². The van der Waals surface area contributed by atoms with Crippen LogP contribution in [-0.2, 0) is 19.4 Å². The first kappa shape index (κ1) is 15.0. The summed E-state index contributed by atoms with van der Waals surface area (Å²) >= 11 is 0. The third kappa shape index (κ3) is 2.23. The maximum Gasteiger partial charge on any atom is 0.314 e. The predicted octanol–water partition coefficient (Wildman–Crippen LogP) is 1.22. The van der Waals surface area contributed by atoms with Crippen LogP contribution in [0.3, 0.4) is 0 Å². The fourth-order valence-electron chi connectivity index (χ4n) is 3.01. The Morgan fingerprint density at radius 3 is 2.30 bits per heavy atom. The standard InChI is InChI=1S/C14H18O5S/c1-9-4-6-10(7-5-9)11-12(20(3,17)18)14(11,8-19-2)13(15)16/h4-7,11-12H,8H2,1-3H3,(H,15,16)/t11-,12-,14-/m0/s1. The highest BCUT2D eigenvalue weighted by molar-refractivity contribution is 7.91. The molecule has 0 aliphatic heterocycles. The molecule has 0 spiro atoms. The lowest BCUT2D eigenvalue weighted by Crippen LogP contribution is -2.28. The molecular weight excluding hydrogens is 280 g/mol. The highest BCUT2D eigenvalue weighted by Crippen LogP contribution is 2.63. The number of aliphatic carboxylic acids is 1. The van der Waals surface area contributed by atoms with Gasteiger partial charge in [0, 0.05) is 19.3 Å². The summed E-state index contributed by atoms with van der Waals surface area (Å²) in [4.78, 5) is 11.6. The maximum atomic E-state index is 11.9. The van der Waals surface area contributed by atoms with E-state index in [-0.39, 0.29) is 6.61 Å². The van der Waals surface area contributed by atoms with Crippen LogP contribution in [0, 0.1) is 12.3 Å². The third-order valence-electron chi connectivity index (χ3n) is 3.94. The van der Waals surface area contributed by atoms with E-state index in [1.165, 1.54) is 7.11 Å². The van der Waals surface area contributed by atoms with E-state index >= 15 is 0 Å². The molecule has 6 heteroatoms. The summed E-state index contributed by atoms with van der Waals surface area (Å²) in [5, 5.41) is 8.58. The lowest BCUT2D eigenvalue weighted by molar-refractivity contribution is -0.145. The second-order valence-electron chi connectivity index (χ2n) is 5.42. The minimum atomic E-state index is -3.47. The summed E-state index contributed by atoms with van der Waals surface area (Å²) in [5.74, 6) is -1.68. The van der Waals surface area contributed by atoms with E-state index in [9.17, 15) is 18.3 Å². The van der Waals surface area contributed by atoms with Crippen LogP contribution in [0.15, 0.2) is 24.3 Å². The Kier molecular flexibility index (Phi) is 3.64. The minimum absolute atomic E-state index is 0.112. The molecule has 1 N–H and O–H groups in total. The first-order chi connectivity index (χ1) is 9.25. The topological polar surface area (TPSA) is 80.7 Å². The van der Waals surface area contributed by atoms with Crippen LogP contribution in [0.4, 0.5) is 0 Å². The molecule has 1 aliphatic rings. The van der Waals surface area contributed by atoms with Gasteiger partial charge in [0.1, 0.15) is 5.41 Å². The van der Waals surface area contributed by atoms with Gasteiger partial charge in [-0.3, -0.25) is 4.79 Å². The molecule has 3 atom stereocenters. The zero-order chi connectivity index (χ0) is 15.1. The molecule has 1 fully saturated rings. The van der Waals surface area contributed by atoms with Crippen LogP contribution in [0.2, 0.25) is 0 Å². The van der Waals surface area contributed by atoms with Gasteiger partial charge in [-0.15, -0.1) is 0 Å². The van der Waals surface area contributed by atoms with Crippen LogP contribution in [0.5, 0.6) is 0 Å². The van der Waals surface area contributed by atoms with Crippen molar-refractivity contribution in [3.8, 4) is 0 Å². The van der Waals surface area contributed by atoms with Gasteiger partial charge in [0.05, 0.1) is 11.9 Å². The van der Waals surface area contributed by atoms with Crippen molar-refractivity contribution in [1.82, 2.24) is 0 Å². The van der Waals surface area contributed by atoms with Gasteiger partial charge in [0.2, 0.25) is 0 Å². The van der Waals surface area contributed by atoms with Crippen molar-refractivity contribution in [2.24, 2.45) is 5.41 Å². The molecule has 1 saturated carbocycles. The fourth-order valence-corrected chi connectivity index (χ4v) is 4.90. The Hall–Kier alpha value is -1.40. The lowest BCUT2D eigenvalue weighted by Gasteiger charge is -2.11. The SMILES string of the molecule is COC[C@]1(C(=O)O)[C@@H](c2ccc(C)cc2)[C@@H]1S(C)(=O)=O. The van der Waals surface area contributed by atoms with Gasteiger partial charge < -0.3 is 9.84 Å². The molecule has 1 aromatic rings. The Labute approximate surface area is 118 Å². The van der Waals surface area contributed by atoms with Crippen LogP contribution in [0.1, 0.15) is 17.0 Å². The molecule has 5 nitrogen and oxygen atoms in total. The van der Waals surface area contributed by atoms with E-state index in [1.807, 2.05) is 19.1 Å². The Morgan fingerprint density at radius 2 is 1.90 bits per heavy atom. The van der Waals surface area contributed by atoms with Gasteiger partial charge in [0.25, 0.3) is 0 Å². The largest absolute Gasteiger partial charge is 0.481 e. The van der Waals surface area contributed by atoms with Crippen molar-refractivity contribution in [3.63, 3.8) is 0 Å². The third-order valence-corrected chi connectivity index (χ3v) is 5.55. The number of hydrogen-bond acceptors (Lipinski definition) is 4. The number of carboxylic acids is 1. The zero-order valence-corrected chi connectivity index (χ0v) is 12.5. The molecule has 0 unspecified atom stereocenters. The van der Waals surface area contributed by atoms with Crippen LogP contribution >= 0.6 is 0 Å². The molecule has 1 aromatic carbocycles. The average molecular weight is 298 g/mol. The average Bonchev–Trinajstić information content (AvgIpc) is 3.01. The molecule has 2 rings (SSSR count). The van der Waals surface area contributed by atoms with Gasteiger partial charge in [-0.1, -0.05) is 29.8 Å². The van der Waals surface area contributed by atoms with E-state index in [0.29, 0.717) is 0 Å².